The van der Waals surface area contributed by atoms with Crippen LogP contribution in [0.2, 0.25) is 0 Å². The number of nitrogens with zero attached hydrogens (tertiary/aromatic N) is 1. The molecule has 9 heteroatoms. The van der Waals surface area contributed by atoms with Crippen LogP contribution in [0.1, 0.15) is 18.1 Å². The lowest BCUT2D eigenvalue weighted by atomic mass is 10.1. The van der Waals surface area contributed by atoms with Crippen molar-refractivity contribution in [3.63, 3.8) is 0 Å². The molecule has 134 valence electrons. The highest BCUT2D eigenvalue weighted by atomic mass is 19.4. The fraction of sp³-hybridized carbons (Fsp3) is 0.467. The number of alkyl halides is 3. The zero-order chi connectivity index (χ0) is 18.3. The van der Waals surface area contributed by atoms with E-state index >= 15 is 0 Å². The molecule has 1 amide bonds. The molecule has 0 aliphatic rings. The van der Waals surface area contributed by atoms with Gasteiger partial charge in [-0.25, -0.2) is 4.39 Å². The Balaban J connectivity index is 2.60. The van der Waals surface area contributed by atoms with Gasteiger partial charge in [0.05, 0.1) is 25.3 Å². The molecule has 0 bridgehead atoms. The van der Waals surface area contributed by atoms with Gasteiger partial charge in [0, 0.05) is 6.54 Å². The minimum Gasteiger partial charge on any atom is -0.465 e. The summed E-state index contributed by atoms with van der Waals surface area (Å²) in [6, 6.07) is 2.25. The van der Waals surface area contributed by atoms with Gasteiger partial charge in [0.15, 0.2) is 0 Å². The van der Waals surface area contributed by atoms with Crippen LogP contribution in [0.3, 0.4) is 0 Å². The molecule has 1 aromatic carbocycles. The SMILES string of the molecule is CCOC(=O)CN(C)CC(=O)NCc1ccc(F)cc1C(F)(F)F. The van der Waals surface area contributed by atoms with Crippen LogP contribution in [0.15, 0.2) is 18.2 Å². The molecule has 0 radical (unpaired) electrons. The summed E-state index contributed by atoms with van der Waals surface area (Å²) in [5.74, 6) is -2.09. The third kappa shape index (κ3) is 6.53. The van der Waals surface area contributed by atoms with Gasteiger partial charge in [-0.05, 0) is 31.7 Å². The third-order valence-corrected chi connectivity index (χ3v) is 2.97. The van der Waals surface area contributed by atoms with Crippen molar-refractivity contribution in [2.75, 3.05) is 26.7 Å². The predicted octanol–water partition coefficient (Wildman–Crippen LogP) is 1.96. The average molecular weight is 350 g/mol. The van der Waals surface area contributed by atoms with Crippen LogP contribution in [0.5, 0.6) is 0 Å². The second-order valence-corrected chi connectivity index (χ2v) is 5.05. The fourth-order valence-electron chi connectivity index (χ4n) is 1.94. The molecule has 0 fully saturated rings. The first-order chi connectivity index (χ1) is 11.1. The highest BCUT2D eigenvalue weighted by Crippen LogP contribution is 2.32. The number of hydrogen-bond acceptors (Lipinski definition) is 4. The third-order valence-electron chi connectivity index (χ3n) is 2.97. The number of likely N-dealkylation sites (N-methyl/N-ethyl adjacent to an activating group) is 1. The van der Waals surface area contributed by atoms with Crippen LogP contribution in [0.4, 0.5) is 17.6 Å². The van der Waals surface area contributed by atoms with Gasteiger partial charge < -0.3 is 10.1 Å². The topological polar surface area (TPSA) is 58.6 Å². The maximum absolute atomic E-state index is 13.0. The van der Waals surface area contributed by atoms with E-state index in [0.29, 0.717) is 6.07 Å². The largest absolute Gasteiger partial charge is 0.465 e. The van der Waals surface area contributed by atoms with E-state index in [-0.39, 0.29) is 25.3 Å². The van der Waals surface area contributed by atoms with Crippen molar-refractivity contribution in [2.24, 2.45) is 0 Å². The Morgan fingerprint density at radius 1 is 1.25 bits per heavy atom. The number of ether oxygens (including phenoxy) is 1. The Kier molecular flexibility index (Phi) is 7.15. The minimum atomic E-state index is -4.72. The zero-order valence-electron chi connectivity index (χ0n) is 13.2. The van der Waals surface area contributed by atoms with Gasteiger partial charge in [-0.15, -0.1) is 0 Å². The van der Waals surface area contributed by atoms with E-state index in [2.05, 4.69) is 5.32 Å². The molecule has 0 aliphatic carbocycles. The van der Waals surface area contributed by atoms with Crippen molar-refractivity contribution in [1.82, 2.24) is 10.2 Å². The van der Waals surface area contributed by atoms with Crippen LogP contribution in [-0.2, 0) is 27.0 Å². The fourth-order valence-corrected chi connectivity index (χ4v) is 1.94. The number of halogens is 4. The van der Waals surface area contributed by atoms with E-state index in [1.807, 2.05) is 0 Å². The van der Waals surface area contributed by atoms with Crippen molar-refractivity contribution in [2.45, 2.75) is 19.6 Å². The quantitative estimate of drug-likeness (QED) is 0.603. The number of carbonyl (C=O) groups excluding carboxylic acids is 2. The van der Waals surface area contributed by atoms with Crippen molar-refractivity contribution < 1.29 is 31.9 Å². The van der Waals surface area contributed by atoms with Crippen molar-refractivity contribution in [3.8, 4) is 0 Å². The van der Waals surface area contributed by atoms with Gasteiger partial charge in [-0.2, -0.15) is 13.2 Å². The smallest absolute Gasteiger partial charge is 0.416 e. The normalized spacial score (nSPS) is 11.5. The summed E-state index contributed by atoms with van der Waals surface area (Å²) < 4.78 is 56.2. The lowest BCUT2D eigenvalue weighted by Crippen LogP contribution is -2.38. The van der Waals surface area contributed by atoms with E-state index in [4.69, 9.17) is 4.74 Å². The molecule has 0 saturated carbocycles. The number of hydrogen-bond donors (Lipinski definition) is 1. The molecular formula is C15H18F4N2O3. The lowest BCUT2D eigenvalue weighted by Gasteiger charge is -2.16. The van der Waals surface area contributed by atoms with Crippen LogP contribution in [0, 0.1) is 5.82 Å². The number of amides is 1. The standard InChI is InChI=1S/C15H18F4N2O3/c1-3-24-14(23)9-21(2)8-13(22)20-7-10-4-5-11(16)6-12(10)15(17,18)19/h4-6H,3,7-9H2,1-2H3,(H,20,22). The number of nitrogens with one attached hydrogen (secondary N) is 1. The van der Waals surface area contributed by atoms with E-state index in [1.165, 1.54) is 11.9 Å². The first-order valence-electron chi connectivity index (χ1n) is 7.10. The van der Waals surface area contributed by atoms with E-state index in [9.17, 15) is 27.2 Å². The van der Waals surface area contributed by atoms with Crippen LogP contribution >= 0.6 is 0 Å². The molecule has 1 N–H and O–H groups in total. The molecule has 0 aliphatic heterocycles. The molecular weight excluding hydrogens is 332 g/mol. The van der Waals surface area contributed by atoms with Gasteiger partial charge in [0.25, 0.3) is 0 Å². The number of rotatable bonds is 7. The summed E-state index contributed by atoms with van der Waals surface area (Å²) >= 11 is 0. The summed E-state index contributed by atoms with van der Waals surface area (Å²) in [5.41, 5.74) is -1.38. The molecule has 0 aromatic heterocycles. The first kappa shape index (κ1) is 19.9. The van der Waals surface area contributed by atoms with E-state index < -0.39 is 36.0 Å². The Morgan fingerprint density at radius 2 is 1.92 bits per heavy atom. The Hall–Kier alpha value is -2.16. The predicted molar refractivity (Wildman–Crippen MR) is 77.4 cm³/mol. The monoisotopic (exact) mass is 350 g/mol. The molecule has 0 unspecified atom stereocenters. The van der Waals surface area contributed by atoms with E-state index in [0.717, 1.165) is 12.1 Å². The molecule has 0 atom stereocenters. The molecule has 0 heterocycles. The van der Waals surface area contributed by atoms with Gasteiger partial charge in [0.2, 0.25) is 5.91 Å². The summed E-state index contributed by atoms with van der Waals surface area (Å²) in [4.78, 5) is 24.3. The Labute approximate surface area is 136 Å². The Morgan fingerprint density at radius 3 is 2.50 bits per heavy atom. The van der Waals surface area contributed by atoms with Crippen LogP contribution in [-0.4, -0.2) is 43.5 Å². The van der Waals surface area contributed by atoms with Crippen LogP contribution < -0.4 is 5.32 Å². The van der Waals surface area contributed by atoms with Gasteiger partial charge in [0.1, 0.15) is 5.82 Å². The summed E-state index contributed by atoms with van der Waals surface area (Å²) in [6.45, 7) is 1.14. The maximum Gasteiger partial charge on any atom is 0.416 e. The van der Waals surface area contributed by atoms with Crippen LogP contribution in [0.25, 0.3) is 0 Å². The average Bonchev–Trinajstić information content (AvgIpc) is 2.44. The highest BCUT2D eigenvalue weighted by molar-refractivity contribution is 5.79. The Bertz CT molecular complexity index is 591. The second kappa shape index (κ2) is 8.62. The number of benzene rings is 1. The first-order valence-corrected chi connectivity index (χ1v) is 7.10. The molecule has 1 aromatic rings. The zero-order valence-corrected chi connectivity index (χ0v) is 13.2. The molecule has 24 heavy (non-hydrogen) atoms. The van der Waals surface area contributed by atoms with Crippen molar-refractivity contribution >= 4 is 11.9 Å². The van der Waals surface area contributed by atoms with Gasteiger partial charge in [-0.1, -0.05) is 6.07 Å². The molecule has 0 saturated heterocycles. The van der Waals surface area contributed by atoms with E-state index in [1.54, 1.807) is 6.92 Å². The molecule has 5 nitrogen and oxygen atoms in total. The van der Waals surface area contributed by atoms with Gasteiger partial charge >= 0.3 is 12.1 Å². The minimum absolute atomic E-state index is 0.119. The number of esters is 1. The van der Waals surface area contributed by atoms with Crippen molar-refractivity contribution in [3.05, 3.63) is 35.1 Å². The lowest BCUT2D eigenvalue weighted by molar-refractivity contribution is -0.144. The van der Waals surface area contributed by atoms with Gasteiger partial charge in [-0.3, -0.25) is 14.5 Å². The number of carbonyl (C=O) groups is 2. The van der Waals surface area contributed by atoms with Crippen molar-refractivity contribution in [1.29, 1.82) is 0 Å². The summed E-state index contributed by atoms with van der Waals surface area (Å²) in [7, 11) is 1.50. The molecule has 0 spiro atoms. The summed E-state index contributed by atoms with van der Waals surface area (Å²) in [6.07, 6.45) is -4.72. The molecule has 1 rings (SSSR count). The second-order valence-electron chi connectivity index (χ2n) is 5.05. The maximum atomic E-state index is 13.0. The highest BCUT2D eigenvalue weighted by Gasteiger charge is 2.33. The summed E-state index contributed by atoms with van der Waals surface area (Å²) in [5, 5.41) is 2.31.